The summed E-state index contributed by atoms with van der Waals surface area (Å²) in [6.45, 7) is 1.93. The van der Waals surface area contributed by atoms with Crippen molar-refractivity contribution in [2.75, 3.05) is 31.6 Å². The van der Waals surface area contributed by atoms with Gasteiger partial charge in [0.05, 0.1) is 41.2 Å². The van der Waals surface area contributed by atoms with Crippen LogP contribution in [0.2, 0.25) is 5.02 Å². The Morgan fingerprint density at radius 2 is 1.88 bits per heavy atom. The summed E-state index contributed by atoms with van der Waals surface area (Å²) in [5.74, 6) is -0.198. The van der Waals surface area contributed by atoms with Crippen LogP contribution in [0.15, 0.2) is 36.7 Å². The molecule has 1 amide bonds. The zero-order valence-electron chi connectivity index (χ0n) is 13.5. The molecule has 0 bridgehead atoms. The summed E-state index contributed by atoms with van der Waals surface area (Å²) in [5, 5.41) is 2.45. The van der Waals surface area contributed by atoms with Gasteiger partial charge in [-0.1, -0.05) is 11.6 Å². The standard InChI is InChI=1S/C17H15ClF3N3O2/c18-15-2-1-12(8-14(15)17(19,20)21)23-13-7-11(9-22-10-13)16(25)24-3-5-26-6-4-24/h1-2,7-10,23H,3-6H2. The molecule has 26 heavy (non-hydrogen) atoms. The predicted molar refractivity (Wildman–Crippen MR) is 90.7 cm³/mol. The molecule has 0 atom stereocenters. The van der Waals surface area contributed by atoms with E-state index in [1.807, 2.05) is 0 Å². The normalized spacial score (nSPS) is 15.0. The summed E-state index contributed by atoms with van der Waals surface area (Å²) in [7, 11) is 0. The molecule has 1 N–H and O–H groups in total. The van der Waals surface area contributed by atoms with Gasteiger partial charge in [-0.2, -0.15) is 13.2 Å². The number of amides is 1. The van der Waals surface area contributed by atoms with Gasteiger partial charge in [0, 0.05) is 25.0 Å². The molecule has 5 nitrogen and oxygen atoms in total. The molecule has 138 valence electrons. The van der Waals surface area contributed by atoms with Gasteiger partial charge in [0.1, 0.15) is 0 Å². The van der Waals surface area contributed by atoms with Gasteiger partial charge in [-0.25, -0.2) is 0 Å². The van der Waals surface area contributed by atoms with Gasteiger partial charge in [-0.3, -0.25) is 9.78 Å². The van der Waals surface area contributed by atoms with E-state index in [1.165, 1.54) is 24.5 Å². The van der Waals surface area contributed by atoms with Gasteiger partial charge in [0.25, 0.3) is 5.91 Å². The predicted octanol–water partition coefficient (Wildman–Crippen LogP) is 3.97. The van der Waals surface area contributed by atoms with E-state index in [0.29, 0.717) is 37.6 Å². The SMILES string of the molecule is O=C(c1cncc(Nc2ccc(Cl)c(C(F)(F)F)c2)c1)N1CCOCC1. The molecule has 0 radical (unpaired) electrons. The van der Waals surface area contributed by atoms with Gasteiger partial charge in [0.2, 0.25) is 0 Å². The first kappa shape index (κ1) is 18.5. The monoisotopic (exact) mass is 385 g/mol. The maximum absolute atomic E-state index is 13.0. The fourth-order valence-corrected chi connectivity index (χ4v) is 2.79. The Balaban J connectivity index is 1.80. The number of halogens is 4. The number of ether oxygens (including phenoxy) is 1. The van der Waals surface area contributed by atoms with Crippen molar-refractivity contribution in [3.63, 3.8) is 0 Å². The van der Waals surface area contributed by atoms with Crippen molar-refractivity contribution in [2.45, 2.75) is 6.18 Å². The number of morpholine rings is 1. The summed E-state index contributed by atoms with van der Waals surface area (Å²) >= 11 is 5.62. The van der Waals surface area contributed by atoms with Gasteiger partial charge in [-0.15, -0.1) is 0 Å². The Kier molecular flexibility index (Phi) is 5.33. The largest absolute Gasteiger partial charge is 0.417 e. The van der Waals surface area contributed by atoms with E-state index in [-0.39, 0.29) is 16.6 Å². The molecule has 0 saturated carbocycles. The molecule has 9 heteroatoms. The highest BCUT2D eigenvalue weighted by Crippen LogP contribution is 2.36. The van der Waals surface area contributed by atoms with E-state index in [0.717, 1.165) is 6.07 Å². The second-order valence-corrected chi connectivity index (χ2v) is 6.09. The first-order valence-electron chi connectivity index (χ1n) is 7.80. The van der Waals surface area contributed by atoms with Crippen LogP contribution in [0.25, 0.3) is 0 Å². The molecule has 1 aromatic carbocycles. The van der Waals surface area contributed by atoms with E-state index >= 15 is 0 Å². The zero-order valence-corrected chi connectivity index (χ0v) is 14.3. The summed E-state index contributed by atoms with van der Waals surface area (Å²) in [5.41, 5.74) is 0.0126. The molecule has 1 aliphatic rings. The average Bonchev–Trinajstić information content (AvgIpc) is 2.63. The van der Waals surface area contributed by atoms with Crippen LogP contribution in [0.5, 0.6) is 0 Å². The van der Waals surface area contributed by atoms with Gasteiger partial charge in [-0.05, 0) is 24.3 Å². The summed E-state index contributed by atoms with van der Waals surface area (Å²) in [6, 6.07) is 5.06. The van der Waals surface area contributed by atoms with E-state index in [9.17, 15) is 18.0 Å². The molecule has 1 aliphatic heterocycles. The number of nitrogens with one attached hydrogen (secondary N) is 1. The number of rotatable bonds is 3. The van der Waals surface area contributed by atoms with E-state index < -0.39 is 11.7 Å². The Morgan fingerprint density at radius 1 is 1.15 bits per heavy atom. The highest BCUT2D eigenvalue weighted by molar-refractivity contribution is 6.31. The minimum absolute atomic E-state index is 0.194. The number of aromatic nitrogens is 1. The second kappa shape index (κ2) is 7.51. The molecule has 0 unspecified atom stereocenters. The van der Waals surface area contributed by atoms with Crippen molar-refractivity contribution in [3.05, 3.63) is 52.8 Å². The zero-order chi connectivity index (χ0) is 18.7. The topological polar surface area (TPSA) is 54.5 Å². The highest BCUT2D eigenvalue weighted by atomic mass is 35.5. The molecule has 1 fully saturated rings. The quantitative estimate of drug-likeness (QED) is 0.868. The number of nitrogens with zero attached hydrogens (tertiary/aromatic N) is 2. The number of alkyl halides is 3. The number of carbonyl (C=O) groups excluding carboxylic acids is 1. The van der Waals surface area contributed by atoms with Crippen LogP contribution in [0.3, 0.4) is 0 Å². The number of pyridine rings is 1. The number of hydrogen-bond donors (Lipinski definition) is 1. The van der Waals surface area contributed by atoms with E-state index in [2.05, 4.69) is 10.3 Å². The molecule has 0 spiro atoms. The molecule has 1 aromatic heterocycles. The van der Waals surface area contributed by atoms with Crippen LogP contribution in [0.1, 0.15) is 15.9 Å². The van der Waals surface area contributed by atoms with Crippen molar-refractivity contribution in [1.82, 2.24) is 9.88 Å². The Hall–Kier alpha value is -2.32. The smallest absolute Gasteiger partial charge is 0.378 e. The van der Waals surface area contributed by atoms with E-state index in [4.69, 9.17) is 16.3 Å². The van der Waals surface area contributed by atoms with Crippen molar-refractivity contribution in [2.24, 2.45) is 0 Å². The number of anilines is 2. The number of carbonyl (C=O) groups is 1. The van der Waals surface area contributed by atoms with Crippen molar-refractivity contribution >= 4 is 28.9 Å². The minimum atomic E-state index is -4.55. The summed E-state index contributed by atoms with van der Waals surface area (Å²) < 4.78 is 44.1. The molecule has 2 heterocycles. The first-order valence-corrected chi connectivity index (χ1v) is 8.18. The van der Waals surface area contributed by atoms with Crippen LogP contribution >= 0.6 is 11.6 Å². The highest BCUT2D eigenvalue weighted by Gasteiger charge is 2.33. The Bertz CT molecular complexity index is 808. The van der Waals surface area contributed by atoms with Crippen LogP contribution in [0, 0.1) is 0 Å². The summed E-state index contributed by atoms with van der Waals surface area (Å²) in [4.78, 5) is 18.1. The maximum atomic E-state index is 13.0. The lowest BCUT2D eigenvalue weighted by atomic mass is 10.1. The van der Waals surface area contributed by atoms with Crippen LogP contribution in [0.4, 0.5) is 24.5 Å². The molecule has 0 aliphatic carbocycles. The molecule has 3 rings (SSSR count). The average molecular weight is 386 g/mol. The number of benzene rings is 1. The third kappa shape index (κ3) is 4.25. The molecular formula is C17H15ClF3N3O2. The van der Waals surface area contributed by atoms with E-state index in [1.54, 1.807) is 11.0 Å². The van der Waals surface area contributed by atoms with Crippen molar-refractivity contribution < 1.29 is 22.7 Å². The molecule has 1 saturated heterocycles. The summed E-state index contributed by atoms with van der Waals surface area (Å²) in [6.07, 6.45) is -1.70. The van der Waals surface area contributed by atoms with Crippen molar-refractivity contribution in [3.8, 4) is 0 Å². The van der Waals surface area contributed by atoms with Crippen molar-refractivity contribution in [1.29, 1.82) is 0 Å². The first-order chi connectivity index (χ1) is 12.3. The number of hydrogen-bond acceptors (Lipinski definition) is 4. The third-order valence-electron chi connectivity index (χ3n) is 3.84. The fourth-order valence-electron chi connectivity index (χ4n) is 2.56. The second-order valence-electron chi connectivity index (χ2n) is 5.68. The fraction of sp³-hybridized carbons (Fsp3) is 0.294. The van der Waals surface area contributed by atoms with Crippen LogP contribution in [-0.4, -0.2) is 42.1 Å². The maximum Gasteiger partial charge on any atom is 0.417 e. The molecule has 2 aromatic rings. The lowest BCUT2D eigenvalue weighted by molar-refractivity contribution is -0.137. The van der Waals surface area contributed by atoms with Gasteiger partial charge >= 0.3 is 6.18 Å². The molecular weight excluding hydrogens is 371 g/mol. The minimum Gasteiger partial charge on any atom is -0.378 e. The van der Waals surface area contributed by atoms with Crippen LogP contribution in [-0.2, 0) is 10.9 Å². The lowest BCUT2D eigenvalue weighted by Gasteiger charge is -2.26. The Labute approximate surface area is 152 Å². The van der Waals surface area contributed by atoms with Crippen LogP contribution < -0.4 is 5.32 Å². The van der Waals surface area contributed by atoms with Gasteiger partial charge in [0.15, 0.2) is 0 Å². The van der Waals surface area contributed by atoms with Gasteiger partial charge < -0.3 is 15.0 Å². The Morgan fingerprint density at radius 3 is 2.58 bits per heavy atom. The third-order valence-corrected chi connectivity index (χ3v) is 4.17. The lowest BCUT2D eigenvalue weighted by Crippen LogP contribution is -2.40.